The summed E-state index contributed by atoms with van der Waals surface area (Å²) in [7, 11) is 4.73. The number of hydrogen-bond donors (Lipinski definition) is 1. The van der Waals surface area contributed by atoms with Crippen LogP contribution < -0.4 is 14.2 Å². The first kappa shape index (κ1) is 18.4. The standard InChI is InChI=1S/C18H20N6O3S/c1-25-11-7-10(8-12(26-2)15(11)27-3)16-22-18-14-17(20-9-19-14)21-13(5-6-28-4)24(18)23-16/h7-9H,5-6H2,1-4H3,(H,19,20). The van der Waals surface area contributed by atoms with Gasteiger partial charge in [-0.1, -0.05) is 0 Å². The zero-order valence-corrected chi connectivity index (χ0v) is 16.8. The van der Waals surface area contributed by atoms with Crippen LogP contribution in [-0.2, 0) is 6.42 Å². The lowest BCUT2D eigenvalue weighted by Gasteiger charge is -2.12. The highest BCUT2D eigenvalue weighted by atomic mass is 32.2. The number of benzene rings is 1. The number of H-pyrrole nitrogens is 1. The Bertz CT molecular complexity index is 1110. The number of aromatic nitrogens is 6. The number of rotatable bonds is 7. The molecule has 10 heteroatoms. The normalized spacial score (nSPS) is 11.3. The van der Waals surface area contributed by atoms with Gasteiger partial charge in [-0.25, -0.2) is 15.0 Å². The number of aromatic amines is 1. The second kappa shape index (κ2) is 7.55. The van der Waals surface area contributed by atoms with Crippen molar-refractivity contribution in [3.05, 3.63) is 24.3 Å². The van der Waals surface area contributed by atoms with Crippen molar-refractivity contribution in [2.45, 2.75) is 6.42 Å². The van der Waals surface area contributed by atoms with Crippen LogP contribution in [0.4, 0.5) is 0 Å². The molecule has 9 nitrogen and oxygen atoms in total. The smallest absolute Gasteiger partial charge is 0.203 e. The fourth-order valence-corrected chi connectivity index (χ4v) is 3.43. The zero-order valence-electron chi connectivity index (χ0n) is 16.0. The van der Waals surface area contributed by atoms with Crippen LogP contribution in [0.3, 0.4) is 0 Å². The van der Waals surface area contributed by atoms with Gasteiger partial charge < -0.3 is 19.2 Å². The molecule has 4 aromatic rings. The summed E-state index contributed by atoms with van der Waals surface area (Å²) in [5.74, 6) is 3.89. The van der Waals surface area contributed by atoms with E-state index >= 15 is 0 Å². The lowest BCUT2D eigenvalue weighted by Crippen LogP contribution is -2.05. The van der Waals surface area contributed by atoms with Crippen molar-refractivity contribution in [1.82, 2.24) is 29.5 Å². The maximum absolute atomic E-state index is 5.45. The lowest BCUT2D eigenvalue weighted by molar-refractivity contribution is 0.324. The Labute approximate surface area is 165 Å². The van der Waals surface area contributed by atoms with E-state index in [0.29, 0.717) is 34.4 Å². The van der Waals surface area contributed by atoms with Crippen molar-refractivity contribution in [3.8, 4) is 28.6 Å². The van der Waals surface area contributed by atoms with Crippen molar-refractivity contribution in [3.63, 3.8) is 0 Å². The monoisotopic (exact) mass is 400 g/mol. The molecule has 1 aromatic carbocycles. The van der Waals surface area contributed by atoms with E-state index in [0.717, 1.165) is 29.1 Å². The first-order valence-corrected chi connectivity index (χ1v) is 9.97. The van der Waals surface area contributed by atoms with E-state index in [1.54, 1.807) is 43.9 Å². The van der Waals surface area contributed by atoms with Gasteiger partial charge in [0, 0.05) is 17.7 Å². The highest BCUT2D eigenvalue weighted by Gasteiger charge is 2.19. The summed E-state index contributed by atoms with van der Waals surface area (Å²) >= 11 is 1.75. The topological polar surface area (TPSA) is 99.5 Å². The molecule has 0 radical (unpaired) electrons. The molecule has 0 saturated carbocycles. The van der Waals surface area contributed by atoms with E-state index in [9.17, 15) is 0 Å². The molecular weight excluding hydrogens is 380 g/mol. The number of thioether (sulfide) groups is 1. The quantitative estimate of drug-likeness (QED) is 0.505. The Morgan fingerprint density at radius 1 is 1.07 bits per heavy atom. The summed E-state index contributed by atoms with van der Waals surface area (Å²) in [5.41, 5.74) is 2.82. The van der Waals surface area contributed by atoms with Gasteiger partial charge in [-0.3, -0.25) is 0 Å². The van der Waals surface area contributed by atoms with Crippen LogP contribution in [0.2, 0.25) is 0 Å². The van der Waals surface area contributed by atoms with E-state index < -0.39 is 0 Å². The van der Waals surface area contributed by atoms with Gasteiger partial charge in [-0.15, -0.1) is 5.10 Å². The van der Waals surface area contributed by atoms with Crippen molar-refractivity contribution >= 4 is 28.6 Å². The highest BCUT2D eigenvalue weighted by Crippen LogP contribution is 2.40. The van der Waals surface area contributed by atoms with Crippen LogP contribution >= 0.6 is 11.8 Å². The van der Waals surface area contributed by atoms with Crippen LogP contribution in [0.5, 0.6) is 17.2 Å². The van der Waals surface area contributed by atoms with Crippen LogP contribution in [0.25, 0.3) is 28.2 Å². The Hall–Kier alpha value is -3.01. The van der Waals surface area contributed by atoms with Crippen molar-refractivity contribution in [1.29, 1.82) is 0 Å². The minimum absolute atomic E-state index is 0.524. The van der Waals surface area contributed by atoms with Gasteiger partial charge in [0.1, 0.15) is 11.3 Å². The van der Waals surface area contributed by atoms with Crippen molar-refractivity contribution in [2.24, 2.45) is 0 Å². The van der Waals surface area contributed by atoms with Crippen molar-refractivity contribution < 1.29 is 14.2 Å². The van der Waals surface area contributed by atoms with E-state index in [2.05, 4.69) is 21.2 Å². The van der Waals surface area contributed by atoms with Gasteiger partial charge in [0.05, 0.1) is 27.7 Å². The summed E-state index contributed by atoms with van der Waals surface area (Å²) in [6.07, 6.45) is 4.44. The number of methoxy groups -OCH3 is 3. The largest absolute Gasteiger partial charge is 0.493 e. The second-order valence-electron chi connectivity index (χ2n) is 5.96. The molecule has 0 bridgehead atoms. The fraction of sp³-hybridized carbons (Fsp3) is 0.333. The molecule has 1 N–H and O–H groups in total. The first-order chi connectivity index (χ1) is 13.7. The van der Waals surface area contributed by atoms with Gasteiger partial charge >= 0.3 is 0 Å². The lowest BCUT2D eigenvalue weighted by atomic mass is 10.1. The van der Waals surface area contributed by atoms with Gasteiger partial charge in [0.25, 0.3) is 0 Å². The fourth-order valence-electron chi connectivity index (χ4n) is 3.05. The Balaban J connectivity index is 1.92. The molecule has 0 fully saturated rings. The number of aryl methyl sites for hydroxylation is 1. The Kier molecular flexibility index (Phi) is 4.95. The summed E-state index contributed by atoms with van der Waals surface area (Å²) in [4.78, 5) is 16.8. The number of nitrogens with zero attached hydrogens (tertiary/aromatic N) is 5. The summed E-state index contributed by atoms with van der Waals surface area (Å²) in [6, 6.07) is 3.66. The molecule has 0 aliphatic heterocycles. The average molecular weight is 400 g/mol. The van der Waals surface area contributed by atoms with Gasteiger partial charge in [0.2, 0.25) is 5.75 Å². The van der Waals surface area contributed by atoms with E-state index in [4.69, 9.17) is 24.3 Å². The highest BCUT2D eigenvalue weighted by molar-refractivity contribution is 7.98. The Morgan fingerprint density at radius 2 is 1.82 bits per heavy atom. The second-order valence-corrected chi connectivity index (χ2v) is 6.94. The van der Waals surface area contributed by atoms with Gasteiger partial charge in [-0.2, -0.15) is 16.3 Å². The van der Waals surface area contributed by atoms with E-state index in [-0.39, 0.29) is 0 Å². The van der Waals surface area contributed by atoms with Crippen LogP contribution in [0, 0.1) is 0 Å². The Morgan fingerprint density at radius 3 is 2.46 bits per heavy atom. The molecule has 0 amide bonds. The predicted octanol–water partition coefficient (Wildman–Crippen LogP) is 2.60. The number of hydrogen-bond acceptors (Lipinski definition) is 8. The number of ether oxygens (including phenoxy) is 3. The third-order valence-corrected chi connectivity index (χ3v) is 4.99. The zero-order chi connectivity index (χ0) is 19.7. The average Bonchev–Trinajstić information content (AvgIpc) is 3.37. The van der Waals surface area contributed by atoms with Crippen LogP contribution in [0.15, 0.2) is 18.5 Å². The molecule has 0 aliphatic carbocycles. The molecule has 0 spiro atoms. The summed E-state index contributed by atoms with van der Waals surface area (Å²) in [6.45, 7) is 0. The molecule has 0 unspecified atom stereocenters. The molecule has 0 saturated heterocycles. The molecule has 0 atom stereocenters. The maximum Gasteiger partial charge on any atom is 0.203 e. The first-order valence-electron chi connectivity index (χ1n) is 8.58. The van der Waals surface area contributed by atoms with Crippen LogP contribution in [0.1, 0.15) is 5.82 Å². The van der Waals surface area contributed by atoms with Crippen LogP contribution in [-0.4, -0.2) is 62.9 Å². The molecule has 0 aliphatic rings. The molecular formula is C18H20N6O3S. The minimum Gasteiger partial charge on any atom is -0.493 e. The predicted molar refractivity (Wildman–Crippen MR) is 108 cm³/mol. The number of nitrogens with one attached hydrogen (secondary N) is 1. The molecule has 28 heavy (non-hydrogen) atoms. The summed E-state index contributed by atoms with van der Waals surface area (Å²) in [5, 5.41) is 4.71. The number of fused-ring (bicyclic) bond motifs is 3. The summed E-state index contributed by atoms with van der Waals surface area (Å²) < 4.78 is 18.1. The van der Waals surface area contributed by atoms with E-state index in [1.165, 1.54) is 0 Å². The third kappa shape index (κ3) is 2.99. The number of imidazole rings is 1. The van der Waals surface area contributed by atoms with Crippen molar-refractivity contribution in [2.75, 3.05) is 33.3 Å². The molecule has 146 valence electrons. The third-order valence-electron chi connectivity index (χ3n) is 4.38. The SMILES string of the molecule is COc1cc(-c2nc3c4[nH]cnc4nc(CCSC)n3n2)cc(OC)c1OC. The van der Waals surface area contributed by atoms with Gasteiger partial charge in [-0.05, 0) is 18.4 Å². The maximum atomic E-state index is 5.45. The minimum atomic E-state index is 0.524. The molecule has 4 rings (SSSR count). The van der Waals surface area contributed by atoms with E-state index in [1.807, 2.05) is 12.1 Å². The van der Waals surface area contributed by atoms with Gasteiger partial charge in [0.15, 0.2) is 28.6 Å². The molecule has 3 aromatic heterocycles. The molecule has 3 heterocycles.